The zero-order valence-electron chi connectivity index (χ0n) is 19.5. The fraction of sp³-hybridized carbons (Fsp3) is 0. The first-order valence-electron chi connectivity index (χ1n) is 12.1. The van der Waals surface area contributed by atoms with Gasteiger partial charge in [-0.3, -0.25) is 0 Å². The average Bonchev–Trinajstić information content (AvgIpc) is 3.45. The third-order valence-electron chi connectivity index (χ3n) is 7.21. The number of fused-ring (bicyclic) bond motifs is 2. The molecular weight excluding hydrogens is 481 g/mol. The van der Waals surface area contributed by atoms with Gasteiger partial charge in [0.25, 0.3) is 0 Å². The molecule has 0 aliphatic rings. The highest BCUT2D eigenvalue weighted by molar-refractivity contribution is 6.34. The lowest BCUT2D eigenvalue weighted by atomic mass is 10.0. The molecule has 0 atom stereocenters. The van der Waals surface area contributed by atoms with Gasteiger partial charge < -0.3 is 13.3 Å². The molecule has 0 saturated carbocycles. The van der Waals surface area contributed by atoms with Gasteiger partial charge in [-0.15, -0.1) is 0 Å². The normalized spacial score (nSPS) is 12.3. The molecule has 0 unspecified atom stereocenters. The molecule has 0 saturated heterocycles. The quantitative estimate of drug-likeness (QED) is 0.239. The van der Waals surface area contributed by atoms with Crippen molar-refractivity contribution < 1.29 is 17.6 Å². The molecule has 0 aliphatic heterocycles. The van der Waals surface area contributed by atoms with Gasteiger partial charge in [-0.05, 0) is 35.7 Å². The Morgan fingerprint density at radius 2 is 1.13 bits per heavy atom. The summed E-state index contributed by atoms with van der Waals surface area (Å²) in [5, 5.41) is 5.60. The maximum absolute atomic E-state index is 14.6. The van der Waals surface area contributed by atoms with E-state index in [1.54, 1.807) is 0 Å². The van der Waals surface area contributed by atoms with E-state index in [0.29, 0.717) is 33.5 Å². The zero-order valence-corrected chi connectivity index (χ0v) is 19.5. The van der Waals surface area contributed by atoms with Gasteiger partial charge in [0.05, 0.1) is 10.8 Å². The Morgan fingerprint density at radius 3 is 1.92 bits per heavy atom. The summed E-state index contributed by atoms with van der Waals surface area (Å²) in [6.45, 7) is 0. The monoisotopic (exact) mass is 495 g/mol. The topological polar surface area (TPSA) is 78.1 Å². The molecule has 178 valence electrons. The predicted octanol–water partition coefficient (Wildman–Crippen LogP) is 8.48. The summed E-state index contributed by atoms with van der Waals surface area (Å²) >= 11 is 0. The standard InChI is InChI=1S/C31H14FN3O3/c32-31-34-29(15-6-2-1-3-7-15)33-30(35-31)17-13-21-24-22(14-17)38-28-18-9-5-4-8-16(18)12-23-27(28)26-20(37-23)11-10-19(36-21)25(24)26/h1-14H. The highest BCUT2D eigenvalue weighted by Gasteiger charge is 2.24. The van der Waals surface area contributed by atoms with E-state index in [-0.39, 0.29) is 11.6 Å². The van der Waals surface area contributed by atoms with Crippen LogP contribution in [0.25, 0.3) is 88.6 Å². The zero-order chi connectivity index (χ0) is 25.0. The van der Waals surface area contributed by atoms with E-state index in [2.05, 4.69) is 15.0 Å². The molecule has 0 radical (unpaired) electrons. The molecule has 6 nitrogen and oxygen atoms in total. The van der Waals surface area contributed by atoms with Crippen molar-refractivity contribution in [2.75, 3.05) is 0 Å². The molecule has 0 N–H and O–H groups in total. The Kier molecular flexibility index (Phi) is 3.61. The number of hydrogen-bond donors (Lipinski definition) is 0. The van der Waals surface area contributed by atoms with Crippen molar-refractivity contribution in [3.63, 3.8) is 0 Å². The first kappa shape index (κ1) is 19.8. The van der Waals surface area contributed by atoms with Crippen molar-refractivity contribution in [2.45, 2.75) is 0 Å². The summed E-state index contributed by atoms with van der Waals surface area (Å²) in [6.07, 6.45) is -0.857. The number of aromatic nitrogens is 3. The Morgan fingerprint density at radius 1 is 0.500 bits per heavy atom. The van der Waals surface area contributed by atoms with Gasteiger partial charge >= 0.3 is 6.08 Å². The molecule has 0 bridgehead atoms. The van der Waals surface area contributed by atoms with E-state index < -0.39 is 6.08 Å². The van der Waals surface area contributed by atoms with Gasteiger partial charge in [-0.2, -0.15) is 14.4 Å². The van der Waals surface area contributed by atoms with E-state index in [4.69, 9.17) is 13.3 Å². The summed E-state index contributed by atoms with van der Waals surface area (Å²) in [5.41, 5.74) is 5.37. The largest absolute Gasteiger partial charge is 0.456 e. The van der Waals surface area contributed by atoms with Crippen LogP contribution in [0.4, 0.5) is 4.39 Å². The van der Waals surface area contributed by atoms with E-state index in [9.17, 15) is 4.39 Å². The number of hydrogen-bond acceptors (Lipinski definition) is 6. The van der Waals surface area contributed by atoms with Gasteiger partial charge in [0, 0.05) is 27.3 Å². The van der Waals surface area contributed by atoms with Crippen molar-refractivity contribution >= 4 is 65.8 Å². The molecule has 4 aromatic heterocycles. The van der Waals surface area contributed by atoms with Gasteiger partial charge in [0.15, 0.2) is 11.6 Å². The number of rotatable bonds is 2. The molecule has 0 amide bonds. The van der Waals surface area contributed by atoms with E-state index >= 15 is 0 Å². The molecule has 38 heavy (non-hydrogen) atoms. The Hall–Kier alpha value is -5.30. The fourth-order valence-corrected chi connectivity index (χ4v) is 5.61. The second-order valence-electron chi connectivity index (χ2n) is 9.38. The summed E-state index contributed by atoms with van der Waals surface area (Å²) in [7, 11) is 0. The van der Waals surface area contributed by atoms with Gasteiger partial charge in [-0.1, -0.05) is 54.6 Å². The third kappa shape index (κ3) is 2.57. The second kappa shape index (κ2) is 6.92. The van der Waals surface area contributed by atoms with Crippen LogP contribution in [-0.4, -0.2) is 15.0 Å². The molecule has 9 aromatic rings. The molecular formula is C31H14FN3O3. The van der Waals surface area contributed by atoms with Crippen LogP contribution < -0.4 is 0 Å². The smallest absolute Gasteiger partial charge is 0.312 e. The first-order chi connectivity index (χ1) is 18.7. The average molecular weight is 495 g/mol. The minimum absolute atomic E-state index is 0.193. The van der Waals surface area contributed by atoms with Crippen molar-refractivity contribution in [2.24, 2.45) is 0 Å². The first-order valence-corrected chi connectivity index (χ1v) is 12.1. The molecule has 0 aliphatic carbocycles. The molecule has 5 aromatic carbocycles. The molecule has 4 heterocycles. The highest BCUT2D eigenvalue weighted by Crippen LogP contribution is 2.47. The van der Waals surface area contributed by atoms with Gasteiger partial charge in [-0.25, -0.2) is 4.98 Å². The lowest BCUT2D eigenvalue weighted by Crippen LogP contribution is -2.00. The SMILES string of the molecule is Fc1nc(-c2ccccc2)nc(-c2cc3oc4ccc5oc6cc7ccccc7c7oc(c2)c3c4c5c67)n1. The number of nitrogens with zero attached hydrogens (tertiary/aromatic N) is 3. The summed E-state index contributed by atoms with van der Waals surface area (Å²) in [6, 6.07) is 26.9. The van der Waals surface area contributed by atoms with Crippen molar-refractivity contribution in [1.82, 2.24) is 15.0 Å². The summed E-state index contributed by atoms with van der Waals surface area (Å²) in [4.78, 5) is 12.5. The van der Waals surface area contributed by atoms with Crippen LogP contribution in [0.3, 0.4) is 0 Å². The minimum atomic E-state index is -0.857. The van der Waals surface area contributed by atoms with Gasteiger partial charge in [0.2, 0.25) is 0 Å². The molecule has 0 spiro atoms. The van der Waals surface area contributed by atoms with E-state index in [1.807, 2.05) is 84.9 Å². The van der Waals surface area contributed by atoms with Crippen LogP contribution in [0, 0.1) is 6.08 Å². The van der Waals surface area contributed by atoms with Crippen molar-refractivity contribution in [1.29, 1.82) is 0 Å². The lowest BCUT2D eigenvalue weighted by molar-refractivity contribution is 0.536. The van der Waals surface area contributed by atoms with Crippen LogP contribution in [0.2, 0.25) is 0 Å². The van der Waals surface area contributed by atoms with Crippen LogP contribution in [0.5, 0.6) is 0 Å². The van der Waals surface area contributed by atoms with E-state index in [1.165, 1.54) is 0 Å². The Balaban J connectivity index is 1.44. The Labute approximate surface area is 212 Å². The lowest BCUT2D eigenvalue weighted by Gasteiger charge is -2.05. The minimum Gasteiger partial charge on any atom is -0.456 e. The van der Waals surface area contributed by atoms with Crippen molar-refractivity contribution in [3.05, 3.63) is 91.0 Å². The van der Waals surface area contributed by atoms with E-state index in [0.717, 1.165) is 43.5 Å². The fourth-order valence-electron chi connectivity index (χ4n) is 5.61. The maximum atomic E-state index is 14.6. The molecule has 9 rings (SSSR count). The number of halogens is 1. The number of furan rings is 2. The summed E-state index contributed by atoms with van der Waals surface area (Å²) < 4.78 is 33.9. The van der Waals surface area contributed by atoms with Crippen LogP contribution in [-0.2, 0) is 0 Å². The van der Waals surface area contributed by atoms with Crippen molar-refractivity contribution in [3.8, 4) is 22.8 Å². The molecule has 0 fully saturated rings. The highest BCUT2D eigenvalue weighted by atomic mass is 19.1. The predicted molar refractivity (Wildman–Crippen MR) is 144 cm³/mol. The van der Waals surface area contributed by atoms with Crippen LogP contribution >= 0.6 is 0 Å². The Bertz CT molecular complexity index is 2370. The maximum Gasteiger partial charge on any atom is 0.312 e. The second-order valence-corrected chi connectivity index (χ2v) is 9.38. The van der Waals surface area contributed by atoms with Crippen LogP contribution in [0.1, 0.15) is 0 Å². The molecule has 7 heteroatoms. The number of benzene rings is 5. The van der Waals surface area contributed by atoms with Crippen LogP contribution in [0.15, 0.2) is 98.2 Å². The summed E-state index contributed by atoms with van der Waals surface area (Å²) in [5.74, 6) is 0.446. The van der Waals surface area contributed by atoms with Gasteiger partial charge in [0.1, 0.15) is 33.5 Å². The third-order valence-corrected chi connectivity index (χ3v) is 7.21.